The Kier molecular flexibility index (Phi) is 4.57. The van der Waals surface area contributed by atoms with Crippen LogP contribution in [0.25, 0.3) is 10.9 Å². The molecular weight excluding hydrogens is 342 g/mol. The second kappa shape index (κ2) is 7.33. The van der Waals surface area contributed by atoms with Crippen molar-refractivity contribution in [2.24, 2.45) is 0 Å². The molecule has 2 aromatic heterocycles. The van der Waals surface area contributed by atoms with E-state index in [1.54, 1.807) is 24.3 Å². The summed E-state index contributed by atoms with van der Waals surface area (Å²) in [5.74, 6) is 0.550. The van der Waals surface area contributed by atoms with Gasteiger partial charge in [-0.3, -0.25) is 4.79 Å². The number of fused-ring (bicyclic) bond motifs is 1. The molecule has 2 N–H and O–H groups in total. The maximum atomic E-state index is 12.9. The molecular formula is C20H19N5O2. The molecule has 1 atom stereocenters. The highest BCUT2D eigenvalue weighted by Crippen LogP contribution is 2.22. The zero-order valence-electron chi connectivity index (χ0n) is 14.8. The SMILES string of the molecule is COc1ccc2cc(C(=O)NC(Cn3nccn3)c3ccccc3)[nH]c2c1. The van der Waals surface area contributed by atoms with E-state index in [-0.39, 0.29) is 11.9 Å². The largest absolute Gasteiger partial charge is 0.497 e. The lowest BCUT2D eigenvalue weighted by Gasteiger charge is -2.18. The number of methoxy groups -OCH3 is 1. The molecule has 136 valence electrons. The van der Waals surface area contributed by atoms with Gasteiger partial charge in [0, 0.05) is 17.0 Å². The maximum Gasteiger partial charge on any atom is 0.268 e. The smallest absolute Gasteiger partial charge is 0.268 e. The van der Waals surface area contributed by atoms with Gasteiger partial charge in [-0.2, -0.15) is 15.0 Å². The monoisotopic (exact) mass is 361 g/mol. The molecule has 1 unspecified atom stereocenters. The lowest BCUT2D eigenvalue weighted by Crippen LogP contribution is -2.32. The summed E-state index contributed by atoms with van der Waals surface area (Å²) < 4.78 is 5.24. The summed E-state index contributed by atoms with van der Waals surface area (Å²) in [5.41, 5.74) is 2.33. The Morgan fingerprint density at radius 3 is 2.67 bits per heavy atom. The molecule has 27 heavy (non-hydrogen) atoms. The van der Waals surface area contributed by atoms with E-state index in [1.165, 1.54) is 0 Å². The number of amides is 1. The van der Waals surface area contributed by atoms with E-state index >= 15 is 0 Å². The first-order valence-electron chi connectivity index (χ1n) is 8.59. The molecule has 0 aliphatic heterocycles. The third-order valence-electron chi connectivity index (χ3n) is 4.39. The van der Waals surface area contributed by atoms with Crippen LogP contribution in [-0.4, -0.2) is 33.0 Å². The summed E-state index contributed by atoms with van der Waals surface area (Å²) in [4.78, 5) is 17.6. The second-order valence-corrected chi connectivity index (χ2v) is 6.16. The van der Waals surface area contributed by atoms with Crippen molar-refractivity contribution in [1.82, 2.24) is 25.3 Å². The van der Waals surface area contributed by atoms with Gasteiger partial charge < -0.3 is 15.0 Å². The van der Waals surface area contributed by atoms with Gasteiger partial charge in [0.1, 0.15) is 11.4 Å². The summed E-state index contributed by atoms with van der Waals surface area (Å²) in [6.45, 7) is 0.441. The number of hydrogen-bond acceptors (Lipinski definition) is 4. The fourth-order valence-electron chi connectivity index (χ4n) is 3.01. The van der Waals surface area contributed by atoms with Crippen LogP contribution in [0.15, 0.2) is 67.0 Å². The van der Waals surface area contributed by atoms with Crippen molar-refractivity contribution in [3.05, 3.63) is 78.2 Å². The van der Waals surface area contributed by atoms with E-state index in [2.05, 4.69) is 20.5 Å². The molecule has 0 bridgehead atoms. The Labute approximate surface area is 156 Å². The van der Waals surface area contributed by atoms with Crippen molar-refractivity contribution in [2.45, 2.75) is 12.6 Å². The Hall–Kier alpha value is -3.61. The number of hydrogen-bond donors (Lipinski definition) is 2. The van der Waals surface area contributed by atoms with Crippen LogP contribution in [0.5, 0.6) is 5.75 Å². The molecule has 0 radical (unpaired) electrons. The third-order valence-corrected chi connectivity index (χ3v) is 4.39. The highest BCUT2D eigenvalue weighted by atomic mass is 16.5. The predicted molar refractivity (Wildman–Crippen MR) is 102 cm³/mol. The highest BCUT2D eigenvalue weighted by Gasteiger charge is 2.18. The van der Waals surface area contributed by atoms with Crippen molar-refractivity contribution < 1.29 is 9.53 Å². The summed E-state index contributed by atoms with van der Waals surface area (Å²) in [6.07, 6.45) is 3.24. The minimum Gasteiger partial charge on any atom is -0.497 e. The number of H-pyrrole nitrogens is 1. The molecule has 1 amide bonds. The van der Waals surface area contributed by atoms with Gasteiger partial charge in [-0.05, 0) is 23.8 Å². The first-order chi connectivity index (χ1) is 13.2. The van der Waals surface area contributed by atoms with Crippen LogP contribution >= 0.6 is 0 Å². The van der Waals surface area contributed by atoms with E-state index in [9.17, 15) is 4.79 Å². The van der Waals surface area contributed by atoms with Crippen LogP contribution < -0.4 is 10.1 Å². The quantitative estimate of drug-likeness (QED) is 0.553. The Morgan fingerprint density at radius 1 is 1.15 bits per heavy atom. The van der Waals surface area contributed by atoms with E-state index in [0.717, 1.165) is 22.2 Å². The van der Waals surface area contributed by atoms with E-state index in [4.69, 9.17) is 4.74 Å². The summed E-state index contributed by atoms with van der Waals surface area (Å²) in [6, 6.07) is 17.0. The van der Waals surface area contributed by atoms with Crippen LogP contribution in [0.3, 0.4) is 0 Å². The molecule has 0 aliphatic carbocycles. The molecule has 0 saturated carbocycles. The fraction of sp³-hybridized carbons (Fsp3) is 0.150. The van der Waals surface area contributed by atoms with Crippen LogP contribution in [0.4, 0.5) is 0 Å². The molecule has 7 nitrogen and oxygen atoms in total. The fourth-order valence-corrected chi connectivity index (χ4v) is 3.01. The lowest BCUT2D eigenvalue weighted by atomic mass is 10.1. The molecule has 7 heteroatoms. The van der Waals surface area contributed by atoms with Gasteiger partial charge in [0.25, 0.3) is 5.91 Å². The number of benzene rings is 2. The van der Waals surface area contributed by atoms with Crippen LogP contribution in [0.1, 0.15) is 22.1 Å². The number of nitrogens with zero attached hydrogens (tertiary/aromatic N) is 3. The van der Waals surface area contributed by atoms with Crippen molar-refractivity contribution >= 4 is 16.8 Å². The average molecular weight is 361 g/mol. The lowest BCUT2D eigenvalue weighted by molar-refractivity contribution is 0.0926. The summed E-state index contributed by atoms with van der Waals surface area (Å²) in [7, 11) is 1.62. The van der Waals surface area contributed by atoms with E-state index in [0.29, 0.717) is 12.2 Å². The number of carbonyl (C=O) groups excluding carboxylic acids is 1. The number of rotatable bonds is 6. The molecule has 0 saturated heterocycles. The number of carbonyl (C=O) groups is 1. The minimum absolute atomic E-state index is 0.189. The predicted octanol–water partition coefficient (Wildman–Crippen LogP) is 2.94. The number of aromatic amines is 1. The first-order valence-corrected chi connectivity index (χ1v) is 8.59. The van der Waals surface area contributed by atoms with Crippen LogP contribution in [0, 0.1) is 0 Å². The van der Waals surface area contributed by atoms with Crippen molar-refractivity contribution in [1.29, 1.82) is 0 Å². The van der Waals surface area contributed by atoms with Gasteiger partial charge in [0.15, 0.2) is 0 Å². The number of aromatic nitrogens is 4. The van der Waals surface area contributed by atoms with Gasteiger partial charge in [-0.15, -0.1) is 0 Å². The van der Waals surface area contributed by atoms with Gasteiger partial charge in [-0.1, -0.05) is 30.3 Å². The molecule has 0 aliphatic rings. The zero-order valence-corrected chi connectivity index (χ0v) is 14.8. The Morgan fingerprint density at radius 2 is 1.93 bits per heavy atom. The maximum absolute atomic E-state index is 12.9. The average Bonchev–Trinajstić information content (AvgIpc) is 3.37. The molecule has 4 rings (SSSR count). The number of nitrogens with one attached hydrogen (secondary N) is 2. The van der Waals surface area contributed by atoms with Crippen LogP contribution in [0.2, 0.25) is 0 Å². The van der Waals surface area contributed by atoms with Crippen LogP contribution in [-0.2, 0) is 6.54 Å². The summed E-state index contributed by atoms with van der Waals surface area (Å²) >= 11 is 0. The molecule has 2 aromatic carbocycles. The normalized spacial score (nSPS) is 12.0. The topological polar surface area (TPSA) is 84.8 Å². The van der Waals surface area contributed by atoms with Gasteiger partial charge in [0.2, 0.25) is 0 Å². The van der Waals surface area contributed by atoms with Crippen molar-refractivity contribution in [2.75, 3.05) is 7.11 Å². The molecule has 4 aromatic rings. The van der Waals surface area contributed by atoms with Gasteiger partial charge in [-0.25, -0.2) is 0 Å². The zero-order chi connectivity index (χ0) is 18.6. The van der Waals surface area contributed by atoms with Crippen molar-refractivity contribution in [3.8, 4) is 5.75 Å². The van der Waals surface area contributed by atoms with Gasteiger partial charge in [0.05, 0.1) is 32.1 Å². The summed E-state index contributed by atoms with van der Waals surface area (Å²) in [5, 5.41) is 12.3. The van der Waals surface area contributed by atoms with E-state index < -0.39 is 0 Å². The third kappa shape index (κ3) is 3.67. The standard InChI is InChI=1S/C20H19N5O2/c1-27-16-8-7-15-11-18(23-17(15)12-16)20(26)24-19(13-25-21-9-10-22-25)14-5-3-2-4-6-14/h2-12,19,23H,13H2,1H3,(H,24,26). The minimum atomic E-state index is -0.257. The second-order valence-electron chi connectivity index (χ2n) is 6.16. The molecule has 0 spiro atoms. The van der Waals surface area contributed by atoms with E-state index in [1.807, 2.05) is 54.6 Å². The highest BCUT2D eigenvalue weighted by molar-refractivity contribution is 5.98. The number of ether oxygens (including phenoxy) is 1. The first kappa shape index (κ1) is 16.8. The van der Waals surface area contributed by atoms with Gasteiger partial charge >= 0.3 is 0 Å². The Balaban J connectivity index is 1.59. The molecule has 2 heterocycles. The van der Waals surface area contributed by atoms with Crippen molar-refractivity contribution in [3.63, 3.8) is 0 Å². The Bertz CT molecular complexity index is 1040. The molecule has 0 fully saturated rings.